The Morgan fingerprint density at radius 2 is 0.538 bits per heavy atom. The van der Waals surface area contributed by atoms with Crippen molar-refractivity contribution in [1.82, 2.24) is 0 Å². The Morgan fingerprint density at radius 3 is 0.538 bits per heavy atom. The normalized spacial score (nSPS) is 8.31. The number of aliphatic hydroxyl groups is 3. The SMILES string of the molecule is CC(C)O.CC(C)O.CC(C)O.[Ru]. The molecule has 0 spiro atoms. The van der Waals surface area contributed by atoms with E-state index in [0.717, 1.165) is 0 Å². The van der Waals surface area contributed by atoms with Gasteiger partial charge in [0.15, 0.2) is 0 Å². The molecule has 3 nitrogen and oxygen atoms in total. The maximum atomic E-state index is 8.06. The summed E-state index contributed by atoms with van der Waals surface area (Å²) in [7, 11) is 0. The van der Waals surface area contributed by atoms with E-state index in [1.807, 2.05) is 0 Å². The number of hydrogen-bond acceptors (Lipinski definition) is 3. The van der Waals surface area contributed by atoms with Gasteiger partial charge in [-0.25, -0.2) is 0 Å². The zero-order valence-electron chi connectivity index (χ0n) is 9.43. The summed E-state index contributed by atoms with van der Waals surface area (Å²) >= 11 is 0. The molecule has 0 aromatic carbocycles. The molecule has 4 heteroatoms. The molecule has 0 radical (unpaired) electrons. The second-order valence-electron chi connectivity index (χ2n) is 3.28. The number of aliphatic hydroxyl groups excluding tert-OH is 3. The summed E-state index contributed by atoms with van der Waals surface area (Å²) in [5.41, 5.74) is 0. The zero-order valence-corrected chi connectivity index (χ0v) is 11.2. The Hall–Kier alpha value is 0.503. The van der Waals surface area contributed by atoms with Crippen LogP contribution in [0.25, 0.3) is 0 Å². The molecule has 0 fully saturated rings. The van der Waals surface area contributed by atoms with Crippen molar-refractivity contribution >= 4 is 0 Å². The quantitative estimate of drug-likeness (QED) is 0.584. The molecule has 0 saturated carbocycles. The van der Waals surface area contributed by atoms with Gasteiger partial charge in [0.25, 0.3) is 0 Å². The van der Waals surface area contributed by atoms with Crippen molar-refractivity contribution < 1.29 is 34.8 Å². The summed E-state index contributed by atoms with van der Waals surface area (Å²) < 4.78 is 0. The molecule has 0 unspecified atom stereocenters. The van der Waals surface area contributed by atoms with Gasteiger partial charge in [0.2, 0.25) is 0 Å². The minimum Gasteiger partial charge on any atom is -0.394 e. The maximum Gasteiger partial charge on any atom is 0.0483 e. The van der Waals surface area contributed by atoms with Crippen molar-refractivity contribution in [2.24, 2.45) is 0 Å². The zero-order chi connectivity index (χ0) is 10.7. The second kappa shape index (κ2) is 18.3. The smallest absolute Gasteiger partial charge is 0.0483 e. The van der Waals surface area contributed by atoms with Crippen LogP contribution in [0.3, 0.4) is 0 Å². The molecule has 0 saturated heterocycles. The van der Waals surface area contributed by atoms with Crippen LogP contribution < -0.4 is 0 Å². The minimum absolute atomic E-state index is 0. The Morgan fingerprint density at radius 1 is 0.538 bits per heavy atom. The number of rotatable bonds is 0. The predicted molar refractivity (Wildman–Crippen MR) is 52.1 cm³/mol. The van der Waals surface area contributed by atoms with Crippen LogP contribution in [0.4, 0.5) is 0 Å². The van der Waals surface area contributed by atoms with Crippen LogP contribution in [-0.2, 0) is 19.5 Å². The van der Waals surface area contributed by atoms with Gasteiger partial charge in [-0.05, 0) is 41.5 Å². The molecule has 86 valence electrons. The van der Waals surface area contributed by atoms with Gasteiger partial charge in [0.1, 0.15) is 0 Å². The molecule has 0 atom stereocenters. The molecule has 13 heavy (non-hydrogen) atoms. The fourth-order valence-electron chi connectivity index (χ4n) is 0. The molecule has 0 aliphatic rings. The van der Waals surface area contributed by atoms with E-state index in [1.54, 1.807) is 41.5 Å². The average molecular weight is 281 g/mol. The molecule has 0 amide bonds. The van der Waals surface area contributed by atoms with Crippen molar-refractivity contribution in [1.29, 1.82) is 0 Å². The van der Waals surface area contributed by atoms with Crippen molar-refractivity contribution in [3.63, 3.8) is 0 Å². The first-order valence-corrected chi connectivity index (χ1v) is 4.24. The van der Waals surface area contributed by atoms with Gasteiger partial charge in [0, 0.05) is 37.8 Å². The van der Waals surface area contributed by atoms with Crippen molar-refractivity contribution in [2.75, 3.05) is 0 Å². The molecule has 3 N–H and O–H groups in total. The molecule has 0 rings (SSSR count). The summed E-state index contributed by atoms with van der Waals surface area (Å²) in [4.78, 5) is 0. The van der Waals surface area contributed by atoms with Gasteiger partial charge >= 0.3 is 0 Å². The molecular formula is C9H24O3Ru. The van der Waals surface area contributed by atoms with E-state index in [9.17, 15) is 0 Å². The van der Waals surface area contributed by atoms with E-state index in [2.05, 4.69) is 0 Å². The first-order chi connectivity index (χ1) is 5.20. The largest absolute Gasteiger partial charge is 0.394 e. The third-order valence-corrected chi connectivity index (χ3v) is 0. The summed E-state index contributed by atoms with van der Waals surface area (Å²) in [6.45, 7) is 10.3. The second-order valence-corrected chi connectivity index (χ2v) is 3.28. The Balaban J connectivity index is -0.0000000450. The van der Waals surface area contributed by atoms with Gasteiger partial charge < -0.3 is 15.3 Å². The predicted octanol–water partition coefficient (Wildman–Crippen LogP) is 1.16. The van der Waals surface area contributed by atoms with Crippen LogP contribution in [-0.4, -0.2) is 33.6 Å². The van der Waals surface area contributed by atoms with Crippen LogP contribution in [0, 0.1) is 0 Å². The molecule has 0 aromatic heterocycles. The van der Waals surface area contributed by atoms with Gasteiger partial charge in [-0.2, -0.15) is 0 Å². The van der Waals surface area contributed by atoms with E-state index in [-0.39, 0.29) is 37.8 Å². The summed E-state index contributed by atoms with van der Waals surface area (Å²) in [6, 6.07) is 0. The molecule has 0 aromatic rings. The third kappa shape index (κ3) is 5440. The first-order valence-electron chi connectivity index (χ1n) is 4.24. The number of hydrogen-bond donors (Lipinski definition) is 3. The van der Waals surface area contributed by atoms with Gasteiger partial charge in [-0.1, -0.05) is 0 Å². The Labute approximate surface area is 94.9 Å². The summed E-state index contributed by atoms with van der Waals surface area (Å²) in [6.07, 6.45) is -0.500. The first kappa shape index (κ1) is 23.4. The van der Waals surface area contributed by atoms with E-state index in [0.29, 0.717) is 0 Å². The maximum absolute atomic E-state index is 8.06. The Bertz CT molecular complexity index is 43.4. The van der Waals surface area contributed by atoms with Crippen molar-refractivity contribution in [3.05, 3.63) is 0 Å². The monoisotopic (exact) mass is 282 g/mol. The van der Waals surface area contributed by atoms with E-state index >= 15 is 0 Å². The van der Waals surface area contributed by atoms with E-state index in [4.69, 9.17) is 15.3 Å². The van der Waals surface area contributed by atoms with Crippen molar-refractivity contribution in [2.45, 2.75) is 59.9 Å². The van der Waals surface area contributed by atoms with Gasteiger partial charge in [-0.15, -0.1) is 0 Å². The standard InChI is InChI=1S/3C3H8O.Ru/c3*1-3(2)4;/h3*3-4H,1-2H3;. The minimum atomic E-state index is -0.167. The van der Waals surface area contributed by atoms with Crippen LogP contribution >= 0.6 is 0 Å². The fraction of sp³-hybridized carbons (Fsp3) is 1.00. The molecule has 0 heterocycles. The fourth-order valence-corrected chi connectivity index (χ4v) is 0. The van der Waals surface area contributed by atoms with Crippen LogP contribution in [0.2, 0.25) is 0 Å². The topological polar surface area (TPSA) is 60.7 Å². The van der Waals surface area contributed by atoms with Gasteiger partial charge in [0.05, 0.1) is 0 Å². The Kier molecular flexibility index (Phi) is 32.9. The molecule has 0 aliphatic carbocycles. The van der Waals surface area contributed by atoms with Crippen molar-refractivity contribution in [3.8, 4) is 0 Å². The third-order valence-electron chi connectivity index (χ3n) is 0. The van der Waals surface area contributed by atoms with Crippen LogP contribution in [0.15, 0.2) is 0 Å². The van der Waals surface area contributed by atoms with Gasteiger partial charge in [-0.3, -0.25) is 0 Å². The van der Waals surface area contributed by atoms with E-state index < -0.39 is 0 Å². The van der Waals surface area contributed by atoms with Crippen LogP contribution in [0.1, 0.15) is 41.5 Å². The van der Waals surface area contributed by atoms with E-state index in [1.165, 1.54) is 0 Å². The molecule has 0 bridgehead atoms. The average Bonchev–Trinajstić information content (AvgIpc) is 1.54. The van der Waals surface area contributed by atoms with Crippen LogP contribution in [0.5, 0.6) is 0 Å². The molecule has 0 aliphatic heterocycles. The molecular weight excluding hydrogens is 257 g/mol. The summed E-state index contributed by atoms with van der Waals surface area (Å²) in [5.74, 6) is 0. The summed E-state index contributed by atoms with van der Waals surface area (Å²) in [5, 5.41) is 24.2.